The zero-order valence-electron chi connectivity index (χ0n) is 13.4. The zero-order chi connectivity index (χ0) is 16.7. The number of carbonyl (C=O) groups is 1. The van der Waals surface area contributed by atoms with Gasteiger partial charge in [0, 0.05) is 24.7 Å². The van der Waals surface area contributed by atoms with E-state index in [9.17, 15) is 9.59 Å². The minimum atomic E-state index is -0.211. The van der Waals surface area contributed by atoms with Gasteiger partial charge in [-0.3, -0.25) is 9.59 Å². The van der Waals surface area contributed by atoms with Crippen molar-refractivity contribution in [2.75, 3.05) is 10.6 Å². The minimum Gasteiger partial charge on any atom is -0.366 e. The van der Waals surface area contributed by atoms with Crippen molar-refractivity contribution >= 4 is 17.4 Å². The molecule has 3 N–H and O–H groups in total. The Balaban J connectivity index is 2.02. The van der Waals surface area contributed by atoms with Gasteiger partial charge in [0.1, 0.15) is 5.82 Å². The van der Waals surface area contributed by atoms with Crippen LogP contribution in [0.5, 0.6) is 0 Å². The zero-order valence-corrected chi connectivity index (χ0v) is 13.4. The standard InChI is InChI=1S/C17H22N4O2/c1-3-12(2)8-17(23)21-14-7-5-4-6-13(14)10-18-15-9-16(22)20-11-19-15/h4-7,9,11-12H,3,8,10H2,1-2H3,(H,21,23)(H2,18,19,20,22). The fourth-order valence-electron chi connectivity index (χ4n) is 2.11. The Morgan fingerprint density at radius 2 is 2.13 bits per heavy atom. The first-order valence-corrected chi connectivity index (χ1v) is 7.75. The summed E-state index contributed by atoms with van der Waals surface area (Å²) in [6, 6.07) is 8.99. The Kier molecular flexibility index (Phi) is 5.91. The number of amides is 1. The Bertz CT molecular complexity index is 711. The van der Waals surface area contributed by atoms with Gasteiger partial charge in [-0.2, -0.15) is 0 Å². The van der Waals surface area contributed by atoms with Gasteiger partial charge in [0.05, 0.1) is 6.33 Å². The molecule has 0 fully saturated rings. The second kappa shape index (κ2) is 8.12. The van der Waals surface area contributed by atoms with E-state index in [0.717, 1.165) is 17.7 Å². The maximum Gasteiger partial charge on any atom is 0.252 e. The van der Waals surface area contributed by atoms with Crippen molar-refractivity contribution in [3.8, 4) is 0 Å². The number of carbonyl (C=O) groups excluding carboxylic acids is 1. The molecule has 2 rings (SSSR count). The van der Waals surface area contributed by atoms with E-state index in [1.165, 1.54) is 12.4 Å². The number of rotatable bonds is 7. The highest BCUT2D eigenvalue weighted by atomic mass is 16.1. The van der Waals surface area contributed by atoms with E-state index >= 15 is 0 Å². The number of hydrogen-bond acceptors (Lipinski definition) is 4. The summed E-state index contributed by atoms with van der Waals surface area (Å²) in [5.41, 5.74) is 1.50. The summed E-state index contributed by atoms with van der Waals surface area (Å²) >= 11 is 0. The fourth-order valence-corrected chi connectivity index (χ4v) is 2.11. The van der Waals surface area contributed by atoms with Crippen LogP contribution in [-0.2, 0) is 11.3 Å². The van der Waals surface area contributed by atoms with Gasteiger partial charge in [0.15, 0.2) is 0 Å². The van der Waals surface area contributed by atoms with Crippen LogP contribution >= 0.6 is 0 Å². The normalized spacial score (nSPS) is 11.7. The maximum absolute atomic E-state index is 12.1. The number of anilines is 2. The van der Waals surface area contributed by atoms with E-state index in [1.807, 2.05) is 24.3 Å². The summed E-state index contributed by atoms with van der Waals surface area (Å²) < 4.78 is 0. The Labute approximate surface area is 135 Å². The summed E-state index contributed by atoms with van der Waals surface area (Å²) in [4.78, 5) is 29.8. The summed E-state index contributed by atoms with van der Waals surface area (Å²) in [5.74, 6) is 0.871. The van der Waals surface area contributed by atoms with Crippen LogP contribution < -0.4 is 16.2 Å². The third-order valence-corrected chi connectivity index (χ3v) is 3.66. The smallest absolute Gasteiger partial charge is 0.252 e. The monoisotopic (exact) mass is 314 g/mol. The highest BCUT2D eigenvalue weighted by Gasteiger charge is 2.10. The predicted octanol–water partition coefficient (Wildman–Crippen LogP) is 2.76. The molecular formula is C17H22N4O2. The van der Waals surface area contributed by atoms with Gasteiger partial charge in [-0.05, 0) is 17.5 Å². The Morgan fingerprint density at radius 1 is 1.35 bits per heavy atom. The predicted molar refractivity (Wildman–Crippen MR) is 91.3 cm³/mol. The van der Waals surface area contributed by atoms with Gasteiger partial charge >= 0.3 is 0 Å². The van der Waals surface area contributed by atoms with Crippen molar-refractivity contribution in [3.63, 3.8) is 0 Å². The number of H-pyrrole nitrogens is 1. The summed E-state index contributed by atoms with van der Waals surface area (Å²) in [6.45, 7) is 4.60. The fraction of sp³-hybridized carbons (Fsp3) is 0.353. The number of benzene rings is 1. The average molecular weight is 314 g/mol. The van der Waals surface area contributed by atoms with Crippen LogP contribution in [0.2, 0.25) is 0 Å². The molecule has 0 spiro atoms. The van der Waals surface area contributed by atoms with Crippen molar-refractivity contribution in [2.45, 2.75) is 33.2 Å². The molecule has 0 aliphatic carbocycles. The minimum absolute atomic E-state index is 0.0149. The van der Waals surface area contributed by atoms with Crippen molar-refractivity contribution < 1.29 is 4.79 Å². The molecule has 1 aromatic heterocycles. The molecule has 1 heterocycles. The van der Waals surface area contributed by atoms with Crippen LogP contribution in [0.1, 0.15) is 32.3 Å². The first kappa shape index (κ1) is 16.7. The molecule has 1 aromatic carbocycles. The summed E-state index contributed by atoms with van der Waals surface area (Å²) in [5, 5.41) is 6.04. The van der Waals surface area contributed by atoms with Crippen molar-refractivity contribution in [2.24, 2.45) is 5.92 Å². The van der Waals surface area contributed by atoms with E-state index < -0.39 is 0 Å². The first-order chi connectivity index (χ1) is 11.1. The number of hydrogen-bond donors (Lipinski definition) is 3. The van der Waals surface area contributed by atoms with Crippen molar-refractivity contribution in [1.82, 2.24) is 9.97 Å². The second-order valence-electron chi connectivity index (χ2n) is 5.57. The third-order valence-electron chi connectivity index (χ3n) is 3.66. The van der Waals surface area contributed by atoms with E-state index in [-0.39, 0.29) is 11.5 Å². The lowest BCUT2D eigenvalue weighted by Gasteiger charge is -2.13. The molecule has 6 heteroatoms. The van der Waals surface area contributed by atoms with Gasteiger partial charge in [-0.15, -0.1) is 0 Å². The maximum atomic E-state index is 12.1. The largest absolute Gasteiger partial charge is 0.366 e. The quantitative estimate of drug-likeness (QED) is 0.733. The summed E-state index contributed by atoms with van der Waals surface area (Å²) in [7, 11) is 0. The highest BCUT2D eigenvalue weighted by molar-refractivity contribution is 5.91. The average Bonchev–Trinajstić information content (AvgIpc) is 2.54. The number of nitrogens with zero attached hydrogens (tertiary/aromatic N) is 1. The first-order valence-electron chi connectivity index (χ1n) is 7.75. The second-order valence-corrected chi connectivity index (χ2v) is 5.57. The molecule has 1 unspecified atom stereocenters. The molecule has 0 bridgehead atoms. The van der Waals surface area contributed by atoms with Gasteiger partial charge in [0.25, 0.3) is 5.56 Å². The number of aromatic nitrogens is 2. The molecule has 1 amide bonds. The van der Waals surface area contributed by atoms with Gasteiger partial charge in [-0.25, -0.2) is 4.98 Å². The molecule has 0 saturated heterocycles. The van der Waals surface area contributed by atoms with Crippen LogP contribution in [0, 0.1) is 5.92 Å². The van der Waals surface area contributed by atoms with Crippen LogP contribution in [0.15, 0.2) is 41.5 Å². The van der Waals surface area contributed by atoms with Crippen LogP contribution in [0.25, 0.3) is 0 Å². The molecule has 1 atom stereocenters. The molecule has 0 aliphatic heterocycles. The van der Waals surface area contributed by atoms with Crippen LogP contribution in [-0.4, -0.2) is 15.9 Å². The molecule has 0 radical (unpaired) electrons. The molecule has 122 valence electrons. The van der Waals surface area contributed by atoms with E-state index in [2.05, 4.69) is 34.4 Å². The number of aromatic amines is 1. The molecule has 0 saturated carbocycles. The molecular weight excluding hydrogens is 292 g/mol. The number of nitrogens with one attached hydrogen (secondary N) is 3. The van der Waals surface area contributed by atoms with E-state index in [0.29, 0.717) is 24.7 Å². The van der Waals surface area contributed by atoms with Gasteiger partial charge < -0.3 is 15.6 Å². The summed E-state index contributed by atoms with van der Waals surface area (Å²) in [6.07, 6.45) is 2.84. The lowest BCUT2D eigenvalue weighted by atomic mass is 10.0. The molecule has 2 aromatic rings. The van der Waals surface area contributed by atoms with Crippen LogP contribution in [0.4, 0.5) is 11.5 Å². The molecule has 23 heavy (non-hydrogen) atoms. The van der Waals surface area contributed by atoms with Gasteiger partial charge in [0.2, 0.25) is 5.91 Å². The Hall–Kier alpha value is -2.63. The Morgan fingerprint density at radius 3 is 2.87 bits per heavy atom. The number of para-hydroxylation sites is 1. The lowest BCUT2D eigenvalue weighted by Crippen LogP contribution is -2.16. The molecule has 6 nitrogen and oxygen atoms in total. The van der Waals surface area contributed by atoms with Gasteiger partial charge in [-0.1, -0.05) is 38.5 Å². The topological polar surface area (TPSA) is 86.9 Å². The third kappa shape index (κ3) is 5.25. The lowest BCUT2D eigenvalue weighted by molar-refractivity contribution is -0.117. The van der Waals surface area contributed by atoms with Crippen molar-refractivity contribution in [3.05, 3.63) is 52.6 Å². The van der Waals surface area contributed by atoms with Crippen molar-refractivity contribution in [1.29, 1.82) is 0 Å². The molecule has 0 aliphatic rings. The SMILES string of the molecule is CCC(C)CC(=O)Nc1ccccc1CNc1cc(=O)[nH]cn1. The van der Waals surface area contributed by atoms with E-state index in [1.54, 1.807) is 0 Å². The van der Waals surface area contributed by atoms with E-state index in [4.69, 9.17) is 0 Å². The van der Waals surface area contributed by atoms with Crippen LogP contribution in [0.3, 0.4) is 0 Å². The highest BCUT2D eigenvalue weighted by Crippen LogP contribution is 2.17.